The third-order valence-electron chi connectivity index (χ3n) is 12.7. The van der Waals surface area contributed by atoms with Crippen molar-refractivity contribution in [3.8, 4) is 22.5 Å². The van der Waals surface area contributed by atoms with Gasteiger partial charge in [0, 0.05) is 58.8 Å². The van der Waals surface area contributed by atoms with Crippen LogP contribution in [0, 0.1) is 23.0 Å². The van der Waals surface area contributed by atoms with E-state index in [9.17, 15) is 0 Å². The molecule has 0 N–H and O–H groups in total. The molecule has 2 saturated carbocycles. The van der Waals surface area contributed by atoms with E-state index < -0.39 is 0 Å². The van der Waals surface area contributed by atoms with Crippen molar-refractivity contribution in [2.45, 2.75) is 97.3 Å². The Morgan fingerprint density at radius 3 is 1.36 bits per heavy atom. The molecule has 0 aliphatic heterocycles. The number of nitrogens with zero attached hydrogens (tertiary/aromatic N) is 4. The van der Waals surface area contributed by atoms with Crippen LogP contribution in [0.4, 0.5) is 0 Å². The molecule has 4 aromatic heterocycles. The van der Waals surface area contributed by atoms with Gasteiger partial charge in [-0.15, -0.1) is 35.4 Å². The first kappa shape index (κ1) is 36.9. The van der Waals surface area contributed by atoms with E-state index in [1.54, 1.807) is 0 Å². The quantitative estimate of drug-likeness (QED) is 0.155. The van der Waals surface area contributed by atoms with Crippen LogP contribution in [-0.2, 0) is 27.5 Å². The first-order valence-electron chi connectivity index (χ1n) is 20.0. The molecule has 4 heterocycles. The van der Waals surface area contributed by atoms with Crippen LogP contribution >= 0.6 is 0 Å². The number of hydrogen-bond donors (Lipinski definition) is 0. The summed E-state index contributed by atoms with van der Waals surface area (Å²) in [5.74, 6) is 0.908. The monoisotopic (exact) mass is 917 g/mol. The van der Waals surface area contributed by atoms with Crippen LogP contribution in [0.25, 0.3) is 66.4 Å². The predicted molar refractivity (Wildman–Crippen MR) is 220 cm³/mol. The van der Waals surface area contributed by atoms with E-state index in [0.717, 1.165) is 115 Å². The maximum absolute atomic E-state index is 6.51. The Morgan fingerprint density at radius 1 is 0.554 bits per heavy atom. The Labute approximate surface area is 342 Å². The van der Waals surface area contributed by atoms with Crippen molar-refractivity contribution in [1.82, 2.24) is 19.9 Å². The van der Waals surface area contributed by atoms with Crippen molar-refractivity contribution in [1.29, 1.82) is 0 Å². The smallest absolute Gasteiger partial charge is 0.501 e. The van der Waals surface area contributed by atoms with Gasteiger partial charge in [0.25, 0.3) is 0 Å². The van der Waals surface area contributed by atoms with Crippen LogP contribution in [0.5, 0.6) is 0 Å². The molecule has 4 aromatic carbocycles. The zero-order valence-electron chi connectivity index (χ0n) is 32.5. The average molecular weight is 918 g/mol. The minimum Gasteiger partial charge on any atom is -0.501 e. The van der Waals surface area contributed by atoms with Gasteiger partial charge in [-0.1, -0.05) is 86.0 Å². The normalized spacial score (nSPS) is 17.5. The molecular weight excluding hydrogens is 872 g/mol. The van der Waals surface area contributed by atoms with Gasteiger partial charge in [-0.25, -0.2) is 0 Å². The minimum absolute atomic E-state index is 0. The van der Waals surface area contributed by atoms with E-state index >= 15 is 0 Å². The van der Waals surface area contributed by atoms with Crippen LogP contribution in [0.3, 0.4) is 0 Å². The van der Waals surface area contributed by atoms with Crippen molar-refractivity contribution in [3.05, 3.63) is 120 Å². The standard InChI is InChI=1S/C49H46N4O2.Pt/c1-48(2)17-13-32(14-18-48)40-26-52-42(28-50-40)38-24-30(22-36-34-9-5-7-11-44(34)54-46(36)38)21-31-23-37-35-10-6-8-12-45(35)55-47(37)39(25-31)43-29-51-41(27-53-43)33-15-19-49(3,4)20-16-33;/h5-12,22-23,26-29,32-33H,13-21H2,1-4H3;/q-2;+2. The van der Waals surface area contributed by atoms with Gasteiger partial charge in [-0.2, -0.15) is 0 Å². The SMILES string of the molecule is CC1(C)CCC(c2cnc(-c3[c-]c(Cc4[c-]c(-c5cnc(C6CCC(C)(C)CC6)cn5)c5oc6ccccc6c5c4)cc4c3oc3ccccc34)cn2)CC1.[Pt+2]. The number of furan rings is 2. The van der Waals surface area contributed by atoms with Gasteiger partial charge in [0.05, 0.1) is 22.6 Å². The molecule has 0 bridgehead atoms. The van der Waals surface area contributed by atoms with Crippen LogP contribution < -0.4 is 0 Å². The van der Waals surface area contributed by atoms with Crippen LogP contribution in [0.1, 0.15) is 113 Å². The first-order valence-corrected chi connectivity index (χ1v) is 20.0. The molecule has 0 saturated heterocycles. The van der Waals surface area contributed by atoms with Gasteiger partial charge in [0.2, 0.25) is 0 Å². The molecule has 2 aliphatic rings. The van der Waals surface area contributed by atoms with Crippen LogP contribution in [-0.4, -0.2) is 19.9 Å². The van der Waals surface area contributed by atoms with Crippen molar-refractivity contribution < 1.29 is 29.9 Å². The molecule has 8 aromatic rings. The third-order valence-corrected chi connectivity index (χ3v) is 12.7. The van der Waals surface area contributed by atoms with Gasteiger partial charge in [0.1, 0.15) is 11.2 Å². The van der Waals surface area contributed by atoms with Gasteiger partial charge < -0.3 is 18.8 Å². The minimum atomic E-state index is 0. The van der Waals surface area contributed by atoms with E-state index in [1.165, 1.54) is 25.7 Å². The summed E-state index contributed by atoms with van der Waals surface area (Å²) in [7, 11) is 0. The summed E-state index contributed by atoms with van der Waals surface area (Å²) >= 11 is 0. The molecule has 7 heteroatoms. The molecule has 0 unspecified atom stereocenters. The largest absolute Gasteiger partial charge is 2.00 e. The summed E-state index contributed by atoms with van der Waals surface area (Å²) in [6.07, 6.45) is 17.9. The van der Waals surface area contributed by atoms with Crippen molar-refractivity contribution in [2.75, 3.05) is 0 Å². The number of aromatic nitrogens is 4. The van der Waals surface area contributed by atoms with Gasteiger partial charge in [-0.3, -0.25) is 9.97 Å². The van der Waals surface area contributed by atoms with Crippen molar-refractivity contribution in [3.63, 3.8) is 0 Å². The number of benzene rings is 4. The summed E-state index contributed by atoms with van der Waals surface area (Å²) in [5.41, 5.74) is 11.5. The Kier molecular flexibility index (Phi) is 9.48. The zero-order valence-corrected chi connectivity index (χ0v) is 34.8. The second kappa shape index (κ2) is 14.4. The predicted octanol–water partition coefficient (Wildman–Crippen LogP) is 13.0. The topological polar surface area (TPSA) is 77.8 Å². The third kappa shape index (κ3) is 6.89. The molecule has 10 rings (SSSR count). The fourth-order valence-corrected chi connectivity index (χ4v) is 9.15. The molecule has 284 valence electrons. The molecule has 0 radical (unpaired) electrons. The van der Waals surface area contributed by atoms with E-state index in [0.29, 0.717) is 29.1 Å². The molecule has 0 atom stereocenters. The summed E-state index contributed by atoms with van der Waals surface area (Å²) in [6, 6.07) is 28.4. The molecule has 0 spiro atoms. The second-order valence-electron chi connectivity index (χ2n) is 17.7. The molecule has 2 aliphatic carbocycles. The van der Waals surface area contributed by atoms with E-state index in [1.807, 2.05) is 49.1 Å². The zero-order chi connectivity index (χ0) is 37.3. The molecular formula is C49H46N4O2Pt. The fraction of sp³-hybridized carbons (Fsp3) is 0.347. The Balaban J connectivity index is 0.00000410. The maximum Gasteiger partial charge on any atom is 2.00 e. The second-order valence-corrected chi connectivity index (χ2v) is 17.7. The average Bonchev–Trinajstić information content (AvgIpc) is 3.76. The summed E-state index contributed by atoms with van der Waals surface area (Å²) in [5, 5.41) is 4.23. The van der Waals surface area contributed by atoms with Gasteiger partial charge in [-0.05, 0) is 80.8 Å². The summed E-state index contributed by atoms with van der Waals surface area (Å²) in [6.45, 7) is 9.49. The Hall–Kier alpha value is -4.67. The first-order chi connectivity index (χ1) is 26.7. The summed E-state index contributed by atoms with van der Waals surface area (Å²) < 4.78 is 13.0. The number of rotatable bonds is 6. The van der Waals surface area contributed by atoms with E-state index in [-0.39, 0.29) is 21.1 Å². The number of hydrogen-bond acceptors (Lipinski definition) is 6. The Bertz CT molecular complexity index is 2500. The van der Waals surface area contributed by atoms with Crippen LogP contribution in [0.15, 0.2) is 94.3 Å². The summed E-state index contributed by atoms with van der Waals surface area (Å²) in [4.78, 5) is 20.0. The molecule has 6 nitrogen and oxygen atoms in total. The van der Waals surface area contributed by atoms with Crippen molar-refractivity contribution in [2.24, 2.45) is 10.8 Å². The molecule has 0 amide bonds. The maximum atomic E-state index is 6.51. The van der Waals surface area contributed by atoms with E-state index in [4.69, 9.17) is 28.8 Å². The van der Waals surface area contributed by atoms with Crippen LogP contribution in [0.2, 0.25) is 0 Å². The van der Waals surface area contributed by atoms with Gasteiger partial charge >= 0.3 is 21.1 Å². The molecule has 56 heavy (non-hydrogen) atoms. The molecule has 2 fully saturated rings. The van der Waals surface area contributed by atoms with Crippen molar-refractivity contribution >= 4 is 43.9 Å². The van der Waals surface area contributed by atoms with E-state index in [2.05, 4.69) is 76.2 Å². The van der Waals surface area contributed by atoms with Gasteiger partial charge in [0.15, 0.2) is 0 Å². The fourth-order valence-electron chi connectivity index (χ4n) is 9.15. The number of fused-ring (bicyclic) bond motifs is 6. The number of para-hydroxylation sites is 2. The Morgan fingerprint density at radius 2 is 0.964 bits per heavy atom.